The van der Waals surface area contributed by atoms with Crippen molar-refractivity contribution in [3.05, 3.63) is 30.1 Å². The van der Waals surface area contributed by atoms with Crippen molar-refractivity contribution in [2.24, 2.45) is 0 Å². The molecule has 2 N–H and O–H groups in total. The highest BCUT2D eigenvalue weighted by molar-refractivity contribution is 5.85. The van der Waals surface area contributed by atoms with E-state index in [1.807, 2.05) is 12.1 Å². The van der Waals surface area contributed by atoms with Gasteiger partial charge < -0.3 is 15.0 Å². The summed E-state index contributed by atoms with van der Waals surface area (Å²) >= 11 is 0. The van der Waals surface area contributed by atoms with Crippen LogP contribution in [0.4, 0.5) is 10.2 Å². The van der Waals surface area contributed by atoms with Crippen molar-refractivity contribution in [3.8, 4) is 17.7 Å². The number of anilines is 1. The van der Waals surface area contributed by atoms with Crippen LogP contribution < -0.4 is 10.2 Å². The highest BCUT2D eigenvalue weighted by atomic mass is 19.1. The van der Waals surface area contributed by atoms with Crippen LogP contribution in [0.15, 0.2) is 24.5 Å². The Morgan fingerprint density at radius 2 is 2.30 bits per heavy atom. The summed E-state index contributed by atoms with van der Waals surface area (Å²) in [7, 11) is 0. The Kier molecular flexibility index (Phi) is 4.89. The molecule has 2 atom stereocenters. The predicted octanol–water partition coefficient (Wildman–Crippen LogP) is 1.81. The zero-order chi connectivity index (χ0) is 20.6. The molecule has 9 heteroatoms. The van der Waals surface area contributed by atoms with Crippen LogP contribution in [-0.4, -0.2) is 69.5 Å². The zero-order valence-corrected chi connectivity index (χ0v) is 16.9. The van der Waals surface area contributed by atoms with Crippen molar-refractivity contribution in [2.75, 3.05) is 37.7 Å². The Hall–Kier alpha value is -2.96. The number of nitrogens with zero attached hydrogens (tertiary/aromatic N) is 5. The van der Waals surface area contributed by atoms with Crippen LogP contribution in [0.2, 0.25) is 0 Å². The second-order valence-corrected chi connectivity index (χ2v) is 7.87. The summed E-state index contributed by atoms with van der Waals surface area (Å²) in [6.45, 7) is 5.21. The summed E-state index contributed by atoms with van der Waals surface area (Å²) in [5.41, 5.74) is -0.145. The van der Waals surface area contributed by atoms with Crippen molar-refractivity contribution < 1.29 is 9.13 Å². The van der Waals surface area contributed by atoms with Gasteiger partial charge in [0, 0.05) is 30.9 Å². The van der Waals surface area contributed by atoms with Crippen molar-refractivity contribution in [3.63, 3.8) is 0 Å². The van der Waals surface area contributed by atoms with Gasteiger partial charge in [0.25, 0.3) is 0 Å². The van der Waals surface area contributed by atoms with Crippen LogP contribution in [0.5, 0.6) is 0 Å². The number of alkyl halides is 1. The maximum atomic E-state index is 15.1. The molecular weight excluding hydrogens is 385 g/mol. The van der Waals surface area contributed by atoms with Gasteiger partial charge in [0.1, 0.15) is 5.82 Å². The number of rotatable bonds is 2. The van der Waals surface area contributed by atoms with E-state index >= 15 is 4.39 Å². The number of morpholine rings is 1. The SMILES string of the molecule is C[C@@H]1COCCN1c1cc(C#CC2(F)CCCNC2)c2cnn(-c3cc[nH]n3)c2n1. The van der Waals surface area contributed by atoms with Crippen LogP contribution in [0, 0.1) is 11.8 Å². The summed E-state index contributed by atoms with van der Waals surface area (Å²) < 4.78 is 22.3. The molecule has 156 valence electrons. The van der Waals surface area contributed by atoms with Crippen LogP contribution in [0.1, 0.15) is 25.3 Å². The number of H-pyrrole nitrogens is 1. The third-order valence-corrected chi connectivity index (χ3v) is 5.65. The van der Waals surface area contributed by atoms with Crippen molar-refractivity contribution in [1.82, 2.24) is 30.3 Å². The van der Waals surface area contributed by atoms with Crippen LogP contribution in [0.3, 0.4) is 0 Å². The molecule has 0 saturated carbocycles. The third kappa shape index (κ3) is 3.53. The normalized spacial score (nSPS) is 24.6. The number of pyridine rings is 1. The topological polar surface area (TPSA) is 83.9 Å². The quantitative estimate of drug-likeness (QED) is 0.628. The number of piperidine rings is 1. The maximum Gasteiger partial charge on any atom is 0.183 e. The first-order valence-corrected chi connectivity index (χ1v) is 10.3. The Morgan fingerprint density at radius 1 is 1.37 bits per heavy atom. The van der Waals surface area contributed by atoms with Gasteiger partial charge >= 0.3 is 0 Å². The van der Waals surface area contributed by atoms with Gasteiger partial charge in [-0.05, 0) is 32.4 Å². The average molecular weight is 409 g/mol. The fourth-order valence-corrected chi connectivity index (χ4v) is 4.00. The van der Waals surface area contributed by atoms with Gasteiger partial charge in [-0.15, -0.1) is 0 Å². The van der Waals surface area contributed by atoms with Gasteiger partial charge in [-0.3, -0.25) is 5.10 Å². The van der Waals surface area contributed by atoms with E-state index in [1.165, 1.54) is 0 Å². The van der Waals surface area contributed by atoms with Gasteiger partial charge in [-0.1, -0.05) is 11.8 Å². The molecule has 3 aromatic rings. The molecule has 5 rings (SSSR count). The second kappa shape index (κ2) is 7.70. The summed E-state index contributed by atoms with van der Waals surface area (Å²) in [6.07, 6.45) is 4.68. The summed E-state index contributed by atoms with van der Waals surface area (Å²) in [5, 5.41) is 15.4. The Morgan fingerprint density at radius 3 is 3.07 bits per heavy atom. The monoisotopic (exact) mass is 409 g/mol. The van der Waals surface area contributed by atoms with E-state index in [2.05, 4.69) is 44.3 Å². The van der Waals surface area contributed by atoms with Crippen LogP contribution in [0.25, 0.3) is 16.9 Å². The fraction of sp³-hybridized carbons (Fsp3) is 0.476. The molecule has 2 aliphatic rings. The lowest BCUT2D eigenvalue weighted by Gasteiger charge is -2.34. The summed E-state index contributed by atoms with van der Waals surface area (Å²) in [5.74, 6) is 7.42. The Labute approximate surface area is 173 Å². The molecule has 5 heterocycles. The molecule has 0 aliphatic carbocycles. The Bertz CT molecular complexity index is 1090. The summed E-state index contributed by atoms with van der Waals surface area (Å²) in [6, 6.07) is 3.95. The van der Waals surface area contributed by atoms with Crippen molar-refractivity contribution in [1.29, 1.82) is 0 Å². The fourth-order valence-electron chi connectivity index (χ4n) is 4.00. The van der Waals surface area contributed by atoms with Crippen molar-refractivity contribution >= 4 is 16.9 Å². The van der Waals surface area contributed by atoms with E-state index in [9.17, 15) is 0 Å². The van der Waals surface area contributed by atoms with Gasteiger partial charge in [0.05, 0.1) is 30.8 Å². The van der Waals surface area contributed by atoms with E-state index in [0.717, 1.165) is 36.3 Å². The molecule has 8 nitrogen and oxygen atoms in total. The molecule has 0 aromatic carbocycles. The van der Waals surface area contributed by atoms with E-state index in [1.54, 1.807) is 17.1 Å². The largest absolute Gasteiger partial charge is 0.377 e. The third-order valence-electron chi connectivity index (χ3n) is 5.65. The van der Waals surface area contributed by atoms with E-state index < -0.39 is 5.67 Å². The maximum absolute atomic E-state index is 15.1. The lowest BCUT2D eigenvalue weighted by atomic mass is 9.96. The molecule has 2 saturated heterocycles. The zero-order valence-electron chi connectivity index (χ0n) is 16.9. The number of hydrogen-bond acceptors (Lipinski definition) is 6. The summed E-state index contributed by atoms with van der Waals surface area (Å²) in [4.78, 5) is 7.08. The first kappa shape index (κ1) is 19.0. The van der Waals surface area contributed by atoms with Crippen molar-refractivity contribution in [2.45, 2.75) is 31.5 Å². The van der Waals surface area contributed by atoms with Gasteiger partial charge in [0.2, 0.25) is 0 Å². The molecule has 1 unspecified atom stereocenters. The molecule has 2 aliphatic heterocycles. The van der Waals surface area contributed by atoms with Gasteiger partial charge in [-0.25, -0.2) is 9.37 Å². The standard InChI is InChI=1S/C21H24FN7O/c1-15-13-30-10-9-28(15)19-11-16(3-6-21(22)5-2-7-23-14-21)17-12-25-29(20(17)26-19)18-4-8-24-27-18/h4,8,11-12,15,23H,2,5,7,9-10,13-14H2,1H3,(H,24,27)/t15-,21?/m1/s1. The van der Waals surface area contributed by atoms with Crippen LogP contribution >= 0.6 is 0 Å². The Balaban J connectivity index is 1.63. The second-order valence-electron chi connectivity index (χ2n) is 7.87. The minimum atomic E-state index is -1.52. The first-order valence-electron chi connectivity index (χ1n) is 10.3. The number of hydrogen-bond donors (Lipinski definition) is 2. The highest BCUT2D eigenvalue weighted by Gasteiger charge is 2.29. The molecule has 0 spiro atoms. The van der Waals surface area contributed by atoms with Crippen LogP contribution in [-0.2, 0) is 4.74 Å². The number of nitrogens with one attached hydrogen (secondary N) is 2. The number of aromatic nitrogens is 5. The molecular formula is C21H24FN7O. The predicted molar refractivity (Wildman–Crippen MR) is 111 cm³/mol. The lowest BCUT2D eigenvalue weighted by Crippen LogP contribution is -2.44. The molecule has 2 fully saturated rings. The minimum absolute atomic E-state index is 0.182. The van der Waals surface area contributed by atoms with E-state index in [0.29, 0.717) is 31.1 Å². The van der Waals surface area contributed by atoms with Gasteiger partial charge in [0.15, 0.2) is 17.1 Å². The molecule has 30 heavy (non-hydrogen) atoms. The van der Waals surface area contributed by atoms with E-state index in [4.69, 9.17) is 9.72 Å². The number of aromatic amines is 1. The molecule has 0 amide bonds. The molecule has 0 radical (unpaired) electrons. The average Bonchev–Trinajstić information content (AvgIpc) is 3.42. The lowest BCUT2D eigenvalue weighted by molar-refractivity contribution is 0.0985. The van der Waals surface area contributed by atoms with Gasteiger partial charge in [-0.2, -0.15) is 14.9 Å². The van der Waals surface area contributed by atoms with E-state index in [-0.39, 0.29) is 12.6 Å². The number of fused-ring (bicyclic) bond motifs is 1. The number of ether oxygens (including phenoxy) is 1. The molecule has 0 bridgehead atoms. The minimum Gasteiger partial charge on any atom is -0.377 e. The first-order chi connectivity index (χ1) is 14.6. The smallest absolute Gasteiger partial charge is 0.183 e. The highest BCUT2D eigenvalue weighted by Crippen LogP contribution is 2.27. The number of halogens is 1. The molecule has 3 aromatic heterocycles.